The first-order valence-electron chi connectivity index (χ1n) is 3.87. The van der Waals surface area contributed by atoms with E-state index in [9.17, 15) is 0 Å². The molecule has 1 heteroatoms. The minimum atomic E-state index is 0.830. The van der Waals surface area contributed by atoms with E-state index >= 15 is 0 Å². The van der Waals surface area contributed by atoms with Gasteiger partial charge in [-0.3, -0.25) is 0 Å². The fraction of sp³-hybridized carbons (Fsp3) is 1.00. The highest BCUT2D eigenvalue weighted by Gasteiger charge is 1.96. The van der Waals surface area contributed by atoms with Crippen LogP contribution < -0.4 is 0 Å². The lowest BCUT2D eigenvalue weighted by Crippen LogP contribution is -1.91. The van der Waals surface area contributed by atoms with Crippen molar-refractivity contribution in [1.82, 2.24) is 0 Å². The van der Waals surface area contributed by atoms with Crippen molar-refractivity contribution in [1.29, 1.82) is 0 Å². The second kappa shape index (κ2) is 6.41. The van der Waals surface area contributed by atoms with Gasteiger partial charge in [0.15, 0.2) is 0 Å². The van der Waals surface area contributed by atoms with Crippen LogP contribution in [0.25, 0.3) is 0 Å². The third kappa shape index (κ3) is 6.17. The van der Waals surface area contributed by atoms with Gasteiger partial charge in [0.25, 0.3) is 0 Å². The summed E-state index contributed by atoms with van der Waals surface area (Å²) in [4.78, 5) is 0. The Balaban J connectivity index is 2.88. The highest BCUT2D eigenvalue weighted by atomic mass is 35.5. The molecule has 0 saturated carbocycles. The Morgan fingerprint density at radius 1 is 1.33 bits per heavy atom. The van der Waals surface area contributed by atoms with Crippen molar-refractivity contribution in [3.8, 4) is 0 Å². The van der Waals surface area contributed by atoms with Crippen molar-refractivity contribution < 1.29 is 0 Å². The van der Waals surface area contributed by atoms with E-state index in [1.54, 1.807) is 0 Å². The van der Waals surface area contributed by atoms with Crippen LogP contribution in [0, 0.1) is 5.92 Å². The van der Waals surface area contributed by atoms with Crippen LogP contribution in [-0.2, 0) is 0 Å². The molecule has 1 atom stereocenters. The van der Waals surface area contributed by atoms with Crippen LogP contribution >= 0.6 is 11.6 Å². The predicted molar refractivity (Wildman–Crippen MR) is 44.0 cm³/mol. The Kier molecular flexibility index (Phi) is 6.62. The Morgan fingerprint density at radius 2 is 2.00 bits per heavy atom. The van der Waals surface area contributed by atoms with E-state index in [0.717, 1.165) is 11.8 Å². The van der Waals surface area contributed by atoms with Gasteiger partial charge in [0.05, 0.1) is 0 Å². The number of alkyl halides is 1. The zero-order valence-corrected chi connectivity index (χ0v) is 7.25. The maximum atomic E-state index is 5.53. The molecule has 56 valence electrons. The molecule has 0 fully saturated rings. The zero-order valence-electron chi connectivity index (χ0n) is 6.49. The first-order valence-corrected chi connectivity index (χ1v) is 4.40. The standard InChI is InChI=1S/C8H17Cl/c1-3-8(2)6-4-5-7-9/h8H,3-7H2,1-2H3/t8-/m0/s1. The fourth-order valence-corrected chi connectivity index (χ4v) is 0.980. The summed E-state index contributed by atoms with van der Waals surface area (Å²) in [5.41, 5.74) is 0. The van der Waals surface area contributed by atoms with Crippen LogP contribution in [0.5, 0.6) is 0 Å². The smallest absolute Gasteiger partial charge is 0.0223 e. The van der Waals surface area contributed by atoms with Gasteiger partial charge in [-0.1, -0.05) is 33.1 Å². The molecule has 0 heterocycles. The van der Waals surface area contributed by atoms with Crippen LogP contribution in [0.15, 0.2) is 0 Å². The molecule has 0 aliphatic heterocycles. The van der Waals surface area contributed by atoms with Gasteiger partial charge >= 0.3 is 0 Å². The van der Waals surface area contributed by atoms with E-state index < -0.39 is 0 Å². The molecular formula is C8H17Cl. The lowest BCUT2D eigenvalue weighted by molar-refractivity contribution is 0.492. The second-order valence-electron chi connectivity index (χ2n) is 2.70. The SMILES string of the molecule is CC[C@H](C)CCCCCl. The van der Waals surface area contributed by atoms with Gasteiger partial charge in [0.2, 0.25) is 0 Å². The first kappa shape index (κ1) is 9.29. The largest absolute Gasteiger partial charge is 0.127 e. The topological polar surface area (TPSA) is 0 Å². The van der Waals surface area contributed by atoms with Gasteiger partial charge in [-0.05, 0) is 12.3 Å². The molecule has 9 heavy (non-hydrogen) atoms. The van der Waals surface area contributed by atoms with Crippen LogP contribution in [0.2, 0.25) is 0 Å². The van der Waals surface area contributed by atoms with Crippen molar-refractivity contribution in [2.45, 2.75) is 39.5 Å². The van der Waals surface area contributed by atoms with Crippen LogP contribution in [-0.4, -0.2) is 5.88 Å². The molecule has 0 aromatic rings. The number of halogens is 1. The lowest BCUT2D eigenvalue weighted by Gasteiger charge is -2.05. The first-order chi connectivity index (χ1) is 4.31. The maximum Gasteiger partial charge on any atom is 0.0223 e. The van der Waals surface area contributed by atoms with Gasteiger partial charge in [0.1, 0.15) is 0 Å². The van der Waals surface area contributed by atoms with Gasteiger partial charge in [-0.15, -0.1) is 11.6 Å². The molecule has 0 bridgehead atoms. The number of hydrogen-bond acceptors (Lipinski definition) is 0. The highest BCUT2D eigenvalue weighted by Crippen LogP contribution is 2.10. The average Bonchev–Trinajstić information content (AvgIpc) is 1.89. The zero-order chi connectivity index (χ0) is 7.11. The van der Waals surface area contributed by atoms with Crippen molar-refractivity contribution in [3.63, 3.8) is 0 Å². The molecule has 0 aliphatic carbocycles. The van der Waals surface area contributed by atoms with E-state index in [1.807, 2.05) is 0 Å². The fourth-order valence-electron chi connectivity index (χ4n) is 0.791. The summed E-state index contributed by atoms with van der Waals surface area (Å²) in [5.74, 6) is 1.73. The van der Waals surface area contributed by atoms with E-state index in [1.165, 1.54) is 25.7 Å². The molecule has 0 unspecified atom stereocenters. The molecule has 0 radical (unpaired) electrons. The Bertz CT molecular complexity index is 52.5. The molecule has 0 N–H and O–H groups in total. The monoisotopic (exact) mass is 148 g/mol. The normalized spacial score (nSPS) is 13.7. The van der Waals surface area contributed by atoms with E-state index in [-0.39, 0.29) is 0 Å². The van der Waals surface area contributed by atoms with Crippen molar-refractivity contribution in [3.05, 3.63) is 0 Å². The Hall–Kier alpha value is 0.290. The summed E-state index contributed by atoms with van der Waals surface area (Å²) in [5, 5.41) is 0. The third-order valence-electron chi connectivity index (χ3n) is 1.78. The van der Waals surface area contributed by atoms with Crippen LogP contribution in [0.1, 0.15) is 39.5 Å². The highest BCUT2D eigenvalue weighted by molar-refractivity contribution is 6.17. The van der Waals surface area contributed by atoms with Gasteiger partial charge in [-0.2, -0.15) is 0 Å². The van der Waals surface area contributed by atoms with Gasteiger partial charge in [0, 0.05) is 5.88 Å². The minimum Gasteiger partial charge on any atom is -0.127 e. The molecule has 0 spiro atoms. The van der Waals surface area contributed by atoms with Crippen LogP contribution in [0.3, 0.4) is 0 Å². The second-order valence-corrected chi connectivity index (χ2v) is 3.08. The number of rotatable bonds is 5. The van der Waals surface area contributed by atoms with E-state index in [4.69, 9.17) is 11.6 Å². The number of hydrogen-bond donors (Lipinski definition) is 0. The summed E-state index contributed by atoms with van der Waals surface area (Å²) in [6.45, 7) is 4.54. The molecular weight excluding hydrogens is 132 g/mol. The summed E-state index contributed by atoms with van der Waals surface area (Å²) in [7, 11) is 0. The van der Waals surface area contributed by atoms with Gasteiger partial charge in [-0.25, -0.2) is 0 Å². The quantitative estimate of drug-likeness (QED) is 0.414. The number of unbranched alkanes of at least 4 members (excludes halogenated alkanes) is 1. The molecule has 0 amide bonds. The summed E-state index contributed by atoms with van der Waals surface area (Å²) in [6, 6.07) is 0. The molecule has 0 aromatic heterocycles. The third-order valence-corrected chi connectivity index (χ3v) is 2.04. The minimum absolute atomic E-state index is 0.830. The average molecular weight is 149 g/mol. The summed E-state index contributed by atoms with van der Waals surface area (Å²) < 4.78 is 0. The molecule has 0 rings (SSSR count). The molecule has 0 saturated heterocycles. The van der Waals surface area contributed by atoms with Crippen LogP contribution in [0.4, 0.5) is 0 Å². The van der Waals surface area contributed by atoms with Crippen molar-refractivity contribution in [2.75, 3.05) is 5.88 Å². The predicted octanol–water partition coefficient (Wildman–Crippen LogP) is 3.44. The molecule has 0 nitrogen and oxygen atoms in total. The van der Waals surface area contributed by atoms with Gasteiger partial charge < -0.3 is 0 Å². The lowest BCUT2D eigenvalue weighted by atomic mass is 10.0. The van der Waals surface area contributed by atoms with E-state index in [2.05, 4.69) is 13.8 Å². The molecule has 0 aromatic carbocycles. The summed E-state index contributed by atoms with van der Waals surface area (Å²) >= 11 is 5.53. The Morgan fingerprint density at radius 3 is 2.44 bits per heavy atom. The summed E-state index contributed by atoms with van der Waals surface area (Å²) in [6.07, 6.45) is 5.15. The van der Waals surface area contributed by atoms with Crippen molar-refractivity contribution >= 4 is 11.6 Å². The Labute approximate surface area is 63.6 Å². The van der Waals surface area contributed by atoms with E-state index in [0.29, 0.717) is 0 Å². The maximum absolute atomic E-state index is 5.53. The molecule has 0 aliphatic rings. The van der Waals surface area contributed by atoms with Crippen molar-refractivity contribution in [2.24, 2.45) is 5.92 Å².